The van der Waals surface area contributed by atoms with Crippen molar-refractivity contribution in [2.45, 2.75) is 13.8 Å². The van der Waals surface area contributed by atoms with Gasteiger partial charge in [0.1, 0.15) is 0 Å². The normalized spacial score (nSPS) is 11.3. The molecule has 8 nitrogen and oxygen atoms in total. The number of nitro benzene ring substituents is 1. The number of aliphatic imine (C=N–C) groups is 1. The van der Waals surface area contributed by atoms with Crippen molar-refractivity contribution in [3.8, 4) is 0 Å². The van der Waals surface area contributed by atoms with E-state index >= 15 is 0 Å². The second kappa shape index (κ2) is 6.12. The van der Waals surface area contributed by atoms with Crippen LogP contribution in [0.1, 0.15) is 11.4 Å². The lowest BCUT2D eigenvalue weighted by Gasteiger charge is -2.05. The van der Waals surface area contributed by atoms with Crippen molar-refractivity contribution >= 4 is 23.3 Å². The van der Waals surface area contributed by atoms with Crippen LogP contribution in [0.2, 0.25) is 0 Å². The third-order valence-electron chi connectivity index (χ3n) is 2.61. The molecule has 3 N–H and O–H groups in total. The van der Waals surface area contributed by atoms with Gasteiger partial charge in [0.05, 0.1) is 4.92 Å². The molecule has 9 heteroatoms. The predicted molar refractivity (Wildman–Crippen MR) is 79.5 cm³/mol. The Morgan fingerprint density at radius 3 is 2.55 bits per heavy atom. The maximum Gasteiger partial charge on any atom is 0.306 e. The van der Waals surface area contributed by atoms with Crippen molar-refractivity contribution in [3.63, 3.8) is 0 Å². The lowest BCUT2D eigenvalue weighted by Crippen LogP contribution is -2.22. The zero-order valence-corrected chi connectivity index (χ0v) is 11.9. The van der Waals surface area contributed by atoms with Gasteiger partial charge >= 0.3 is 5.69 Å². The van der Waals surface area contributed by atoms with Crippen molar-refractivity contribution in [2.24, 2.45) is 10.7 Å². The number of guanidine groups is 1. The molecule has 0 saturated carbocycles. The van der Waals surface area contributed by atoms with Gasteiger partial charge < -0.3 is 11.1 Å². The fourth-order valence-electron chi connectivity index (χ4n) is 1.77. The van der Waals surface area contributed by atoms with Crippen LogP contribution in [0.25, 0.3) is 0 Å². The number of nitro groups is 1. The van der Waals surface area contributed by atoms with Crippen LogP contribution in [-0.2, 0) is 0 Å². The molecule has 2 rings (SSSR count). The Kier molecular flexibility index (Phi) is 4.25. The van der Waals surface area contributed by atoms with Crippen LogP contribution in [-0.4, -0.2) is 20.9 Å². The first-order chi connectivity index (χ1) is 10.3. The molecule has 1 heterocycles. The molecule has 0 aliphatic rings. The minimum Gasteiger partial charge on any atom is -0.369 e. The molecular weight excluding hydrogens is 291 g/mol. The van der Waals surface area contributed by atoms with Crippen LogP contribution in [0.3, 0.4) is 0 Å². The summed E-state index contributed by atoms with van der Waals surface area (Å²) in [5, 5.41) is 13.3. The molecule has 1 aromatic heterocycles. The number of aromatic nitrogens is 2. The number of aryl methyl sites for hydroxylation is 2. The molecule has 0 radical (unpaired) electrons. The maximum absolute atomic E-state index is 13.2. The summed E-state index contributed by atoms with van der Waals surface area (Å²) in [7, 11) is 0. The molecule has 0 saturated heterocycles. The van der Waals surface area contributed by atoms with Gasteiger partial charge in [0, 0.05) is 23.1 Å². The maximum atomic E-state index is 13.2. The molecule has 0 aliphatic heterocycles. The number of nitrogens with two attached hydrogens (primary N) is 1. The second-order valence-corrected chi connectivity index (χ2v) is 4.50. The molecule has 2 aromatic rings. The third kappa shape index (κ3) is 3.72. The van der Waals surface area contributed by atoms with E-state index in [4.69, 9.17) is 5.73 Å². The molecule has 0 amide bonds. The van der Waals surface area contributed by atoms with Gasteiger partial charge in [0.2, 0.25) is 11.8 Å². The molecule has 0 bridgehead atoms. The third-order valence-corrected chi connectivity index (χ3v) is 2.61. The summed E-state index contributed by atoms with van der Waals surface area (Å²) in [4.78, 5) is 22.0. The molecule has 22 heavy (non-hydrogen) atoms. The summed E-state index contributed by atoms with van der Waals surface area (Å²) < 4.78 is 13.2. The van der Waals surface area contributed by atoms with Crippen molar-refractivity contribution < 1.29 is 9.31 Å². The van der Waals surface area contributed by atoms with E-state index in [1.807, 2.05) is 0 Å². The Labute approximate surface area is 125 Å². The molecule has 0 spiro atoms. The number of benzene rings is 1. The highest BCUT2D eigenvalue weighted by Crippen LogP contribution is 2.21. The average molecular weight is 304 g/mol. The lowest BCUT2D eigenvalue weighted by atomic mass is 10.2. The van der Waals surface area contributed by atoms with E-state index in [0.29, 0.717) is 0 Å². The van der Waals surface area contributed by atoms with Crippen molar-refractivity contribution in [2.75, 3.05) is 5.32 Å². The fourth-order valence-corrected chi connectivity index (χ4v) is 1.77. The minimum atomic E-state index is -0.927. The monoisotopic (exact) mass is 304 g/mol. The van der Waals surface area contributed by atoms with E-state index in [1.165, 1.54) is 6.07 Å². The van der Waals surface area contributed by atoms with Gasteiger partial charge in [-0.05, 0) is 32.0 Å². The largest absolute Gasteiger partial charge is 0.369 e. The van der Waals surface area contributed by atoms with E-state index in [9.17, 15) is 14.5 Å². The van der Waals surface area contributed by atoms with E-state index in [2.05, 4.69) is 20.3 Å². The first-order valence-electron chi connectivity index (χ1n) is 6.22. The summed E-state index contributed by atoms with van der Waals surface area (Å²) in [5.41, 5.74) is 6.75. The molecule has 0 unspecified atom stereocenters. The Balaban J connectivity index is 2.24. The van der Waals surface area contributed by atoms with Gasteiger partial charge in [-0.25, -0.2) is 9.97 Å². The molecule has 0 aliphatic carbocycles. The molecular formula is C13H13FN6O2. The highest BCUT2D eigenvalue weighted by Gasteiger charge is 2.14. The van der Waals surface area contributed by atoms with E-state index in [0.717, 1.165) is 23.5 Å². The quantitative estimate of drug-likeness (QED) is 0.388. The topological polar surface area (TPSA) is 119 Å². The summed E-state index contributed by atoms with van der Waals surface area (Å²) in [6, 6.07) is 5.10. The average Bonchev–Trinajstić information content (AvgIpc) is 2.39. The van der Waals surface area contributed by atoms with Gasteiger partial charge in [0.25, 0.3) is 5.95 Å². The zero-order chi connectivity index (χ0) is 16.3. The first kappa shape index (κ1) is 15.3. The highest BCUT2D eigenvalue weighted by atomic mass is 19.1. The SMILES string of the molecule is Cc1cc(C)nc(N=C(N)Nc2ccc(F)c([N+](=O)[O-])c2)n1. The lowest BCUT2D eigenvalue weighted by molar-refractivity contribution is -0.387. The number of rotatable bonds is 3. The van der Waals surface area contributed by atoms with E-state index in [-0.39, 0.29) is 17.6 Å². The van der Waals surface area contributed by atoms with Crippen LogP contribution < -0.4 is 11.1 Å². The summed E-state index contributed by atoms with van der Waals surface area (Å²) >= 11 is 0. The van der Waals surface area contributed by atoms with E-state index in [1.54, 1.807) is 19.9 Å². The van der Waals surface area contributed by atoms with Gasteiger partial charge in [-0.1, -0.05) is 0 Å². The summed E-state index contributed by atoms with van der Waals surface area (Å²) in [6.45, 7) is 3.58. The number of nitrogens with one attached hydrogen (secondary N) is 1. The van der Waals surface area contributed by atoms with Gasteiger partial charge in [0.15, 0.2) is 0 Å². The fraction of sp³-hybridized carbons (Fsp3) is 0.154. The number of halogens is 1. The Hall–Kier alpha value is -3.10. The smallest absolute Gasteiger partial charge is 0.306 e. The Morgan fingerprint density at radius 1 is 1.32 bits per heavy atom. The predicted octanol–water partition coefficient (Wildman–Crippen LogP) is 2.20. The molecule has 114 valence electrons. The van der Waals surface area contributed by atoms with Crippen LogP contribution in [0.5, 0.6) is 0 Å². The molecule has 0 atom stereocenters. The zero-order valence-electron chi connectivity index (χ0n) is 11.9. The second-order valence-electron chi connectivity index (χ2n) is 4.50. The van der Waals surface area contributed by atoms with Crippen LogP contribution in [0.15, 0.2) is 29.3 Å². The van der Waals surface area contributed by atoms with Crippen LogP contribution >= 0.6 is 0 Å². The van der Waals surface area contributed by atoms with Gasteiger partial charge in [-0.2, -0.15) is 9.38 Å². The molecule has 0 fully saturated rings. The van der Waals surface area contributed by atoms with Crippen molar-refractivity contribution in [1.82, 2.24) is 9.97 Å². The van der Waals surface area contributed by atoms with Gasteiger partial charge in [-0.15, -0.1) is 0 Å². The number of hydrogen-bond donors (Lipinski definition) is 2. The standard InChI is InChI=1S/C13H13FN6O2/c1-7-5-8(2)17-13(16-7)19-12(15)18-9-3-4-10(14)11(6-9)20(21)22/h3-6H,1-2H3,(H3,15,16,17,18,19). The van der Waals surface area contributed by atoms with Crippen LogP contribution in [0.4, 0.5) is 21.7 Å². The number of anilines is 1. The minimum absolute atomic E-state index is 0.0640. The summed E-state index contributed by atoms with van der Waals surface area (Å²) in [6.07, 6.45) is 0. The van der Waals surface area contributed by atoms with Gasteiger partial charge in [-0.3, -0.25) is 10.1 Å². The van der Waals surface area contributed by atoms with Crippen molar-refractivity contribution in [1.29, 1.82) is 0 Å². The Morgan fingerprint density at radius 2 is 1.95 bits per heavy atom. The number of nitrogens with zero attached hydrogens (tertiary/aromatic N) is 4. The highest BCUT2D eigenvalue weighted by molar-refractivity contribution is 5.93. The molecule has 1 aromatic carbocycles. The number of hydrogen-bond acceptors (Lipinski definition) is 5. The Bertz CT molecular complexity index is 742. The van der Waals surface area contributed by atoms with E-state index < -0.39 is 16.4 Å². The first-order valence-corrected chi connectivity index (χ1v) is 6.22. The van der Waals surface area contributed by atoms with Crippen LogP contribution in [0, 0.1) is 29.8 Å². The summed E-state index contributed by atoms with van der Waals surface area (Å²) in [5.74, 6) is -0.825. The van der Waals surface area contributed by atoms with Crippen molar-refractivity contribution in [3.05, 3.63) is 51.6 Å².